The summed E-state index contributed by atoms with van der Waals surface area (Å²) in [6.45, 7) is 7.32. The summed E-state index contributed by atoms with van der Waals surface area (Å²) in [7, 11) is 2.18. The maximum atomic E-state index is 14.1. The van der Waals surface area contributed by atoms with Crippen molar-refractivity contribution in [2.24, 2.45) is 5.92 Å². The maximum Gasteiger partial charge on any atom is 0.260 e. The molecule has 0 bridgehead atoms. The van der Waals surface area contributed by atoms with Gasteiger partial charge in [-0.1, -0.05) is 6.07 Å². The zero-order valence-electron chi connectivity index (χ0n) is 21.7. The minimum Gasteiger partial charge on any atom is -0.393 e. The average molecular weight is 491 g/mol. The van der Waals surface area contributed by atoms with E-state index in [2.05, 4.69) is 59.2 Å². The molecule has 0 spiro atoms. The number of aliphatic hydroxyl groups is 1. The highest BCUT2D eigenvalue weighted by molar-refractivity contribution is 6.05. The highest BCUT2D eigenvalue weighted by Crippen LogP contribution is 2.34. The lowest BCUT2D eigenvalue weighted by atomic mass is 9.92. The Morgan fingerprint density at radius 3 is 2.53 bits per heavy atom. The van der Waals surface area contributed by atoms with E-state index in [1.54, 1.807) is 0 Å². The van der Waals surface area contributed by atoms with E-state index in [1.165, 1.54) is 12.8 Å². The molecule has 8 nitrogen and oxygen atoms in total. The number of hydrogen-bond acceptors (Lipinski definition) is 7. The molecule has 2 atom stereocenters. The van der Waals surface area contributed by atoms with Crippen molar-refractivity contribution in [1.29, 1.82) is 0 Å². The van der Waals surface area contributed by atoms with Crippen molar-refractivity contribution in [2.75, 3.05) is 36.9 Å². The quantitative estimate of drug-likeness (QED) is 0.527. The molecule has 8 heteroatoms. The van der Waals surface area contributed by atoms with Gasteiger partial charge < -0.3 is 15.3 Å². The second-order valence-corrected chi connectivity index (χ2v) is 11.4. The van der Waals surface area contributed by atoms with E-state index in [-0.39, 0.29) is 17.7 Å². The number of benzene rings is 1. The number of anilines is 2. The molecule has 3 heterocycles. The summed E-state index contributed by atoms with van der Waals surface area (Å²) >= 11 is 0. The van der Waals surface area contributed by atoms with Crippen molar-refractivity contribution < 1.29 is 5.11 Å². The van der Waals surface area contributed by atoms with Gasteiger partial charge in [-0.2, -0.15) is 4.98 Å². The minimum atomic E-state index is -0.276. The monoisotopic (exact) mass is 490 g/mol. The smallest absolute Gasteiger partial charge is 0.260 e. The van der Waals surface area contributed by atoms with Crippen LogP contribution in [-0.2, 0) is 0 Å². The SMILES string of the molecule is C[C@@H]1CN(c2ccc3c(c2)c(=O)n([C@H]2CC[C@H](O)CC2)c2nc(NCC4CC4)ncc32)[C@@H](C)CN1C. The number of piperazine rings is 1. The van der Waals surface area contributed by atoms with Gasteiger partial charge in [0, 0.05) is 55.0 Å². The first-order valence-corrected chi connectivity index (χ1v) is 13.6. The van der Waals surface area contributed by atoms with Crippen molar-refractivity contribution in [3.05, 3.63) is 34.7 Å². The Balaban J connectivity index is 1.48. The number of aliphatic hydroxyl groups excluding tert-OH is 1. The van der Waals surface area contributed by atoms with Crippen LogP contribution in [0.15, 0.2) is 29.2 Å². The van der Waals surface area contributed by atoms with Crippen molar-refractivity contribution in [3.63, 3.8) is 0 Å². The predicted octanol–water partition coefficient (Wildman–Crippen LogP) is 3.77. The van der Waals surface area contributed by atoms with Gasteiger partial charge in [0.2, 0.25) is 5.95 Å². The lowest BCUT2D eigenvalue weighted by molar-refractivity contribution is 0.111. The van der Waals surface area contributed by atoms with Gasteiger partial charge in [-0.3, -0.25) is 14.3 Å². The summed E-state index contributed by atoms with van der Waals surface area (Å²) in [6.07, 6.45) is 7.11. The molecule has 0 radical (unpaired) electrons. The van der Waals surface area contributed by atoms with E-state index in [9.17, 15) is 9.90 Å². The van der Waals surface area contributed by atoms with Crippen LogP contribution in [0.4, 0.5) is 11.6 Å². The Morgan fingerprint density at radius 2 is 1.78 bits per heavy atom. The van der Waals surface area contributed by atoms with Crippen molar-refractivity contribution in [2.45, 2.75) is 76.6 Å². The van der Waals surface area contributed by atoms with Crippen LogP contribution in [0.5, 0.6) is 0 Å². The molecule has 0 amide bonds. The molecule has 0 unspecified atom stereocenters. The third-order valence-corrected chi connectivity index (χ3v) is 8.65. The minimum absolute atomic E-state index is 0.0161. The van der Waals surface area contributed by atoms with Gasteiger partial charge >= 0.3 is 0 Å². The van der Waals surface area contributed by atoms with Crippen molar-refractivity contribution >= 4 is 33.4 Å². The highest BCUT2D eigenvalue weighted by atomic mass is 16.3. The number of nitrogens with zero attached hydrogens (tertiary/aromatic N) is 5. The van der Waals surface area contributed by atoms with E-state index in [0.29, 0.717) is 42.4 Å². The number of nitrogens with one attached hydrogen (secondary N) is 1. The molecule has 3 aromatic rings. The lowest BCUT2D eigenvalue weighted by Gasteiger charge is -2.44. The zero-order valence-corrected chi connectivity index (χ0v) is 21.7. The maximum absolute atomic E-state index is 14.1. The van der Waals surface area contributed by atoms with Crippen LogP contribution in [0.3, 0.4) is 0 Å². The summed E-state index contributed by atoms with van der Waals surface area (Å²) in [4.78, 5) is 28.5. The number of fused-ring (bicyclic) bond motifs is 3. The highest BCUT2D eigenvalue weighted by Gasteiger charge is 2.29. The zero-order chi connectivity index (χ0) is 25.0. The van der Waals surface area contributed by atoms with Crippen LogP contribution >= 0.6 is 0 Å². The molecule has 2 saturated carbocycles. The molecule has 1 aromatic carbocycles. The Morgan fingerprint density at radius 1 is 1.00 bits per heavy atom. The fourth-order valence-electron chi connectivity index (χ4n) is 6.05. The van der Waals surface area contributed by atoms with Crippen molar-refractivity contribution in [3.8, 4) is 0 Å². The second kappa shape index (κ2) is 9.30. The van der Waals surface area contributed by atoms with Gasteiger partial charge in [-0.15, -0.1) is 0 Å². The summed E-state index contributed by atoms with van der Waals surface area (Å²) in [5, 5.41) is 16.0. The number of pyridine rings is 1. The fraction of sp³-hybridized carbons (Fsp3) is 0.607. The Hall–Kier alpha value is -2.71. The molecule has 192 valence electrons. The normalized spacial score (nSPS) is 27.6. The first-order chi connectivity index (χ1) is 17.4. The van der Waals surface area contributed by atoms with Gasteiger partial charge in [0.05, 0.1) is 11.5 Å². The predicted molar refractivity (Wildman–Crippen MR) is 145 cm³/mol. The molecule has 3 aliphatic rings. The molecule has 1 saturated heterocycles. The van der Waals surface area contributed by atoms with Gasteiger partial charge in [-0.25, -0.2) is 4.98 Å². The number of likely N-dealkylation sites (N-methyl/N-ethyl adjacent to an activating group) is 1. The molecular formula is C28H38N6O2. The lowest BCUT2D eigenvalue weighted by Crippen LogP contribution is -2.55. The number of rotatable bonds is 5. The van der Waals surface area contributed by atoms with Gasteiger partial charge in [0.25, 0.3) is 5.56 Å². The summed E-state index contributed by atoms with van der Waals surface area (Å²) in [6, 6.07) is 7.17. The molecular weight excluding hydrogens is 452 g/mol. The van der Waals surface area contributed by atoms with E-state index in [4.69, 9.17) is 4.98 Å². The summed E-state index contributed by atoms with van der Waals surface area (Å²) in [5.74, 6) is 1.30. The third-order valence-electron chi connectivity index (χ3n) is 8.65. The van der Waals surface area contributed by atoms with E-state index < -0.39 is 0 Å². The number of hydrogen-bond donors (Lipinski definition) is 2. The third kappa shape index (κ3) is 4.34. The van der Waals surface area contributed by atoms with Crippen LogP contribution in [0.25, 0.3) is 21.8 Å². The standard InChI is InChI=1S/C28H38N6O2/c1-17-16-33(18(2)15-32(17)3)21-8-11-23-24(12-21)27(36)34(20-6-9-22(35)10-7-20)26-25(23)14-30-28(31-26)29-13-19-4-5-19/h8,11-12,14,17-20,22,35H,4-7,9-10,13,15-16H2,1-3H3,(H,29,30,31)/t17-,18+,20-,22-/m1/s1. The largest absolute Gasteiger partial charge is 0.393 e. The molecule has 2 N–H and O–H groups in total. The van der Waals surface area contributed by atoms with Crippen LogP contribution in [0.2, 0.25) is 0 Å². The molecule has 2 aliphatic carbocycles. The summed E-state index contributed by atoms with van der Waals surface area (Å²) in [5.41, 5.74) is 1.82. The van der Waals surface area contributed by atoms with E-state index >= 15 is 0 Å². The van der Waals surface area contributed by atoms with Gasteiger partial charge in [0.15, 0.2) is 0 Å². The molecule has 6 rings (SSSR count). The van der Waals surface area contributed by atoms with Crippen LogP contribution in [0, 0.1) is 5.92 Å². The molecule has 3 fully saturated rings. The number of aromatic nitrogens is 3. The van der Waals surface area contributed by atoms with Crippen LogP contribution in [-0.4, -0.2) is 69.4 Å². The van der Waals surface area contributed by atoms with Crippen molar-refractivity contribution in [1.82, 2.24) is 19.4 Å². The van der Waals surface area contributed by atoms with E-state index in [0.717, 1.165) is 54.3 Å². The molecule has 1 aliphatic heterocycles. The van der Waals surface area contributed by atoms with Crippen LogP contribution < -0.4 is 15.8 Å². The molecule has 36 heavy (non-hydrogen) atoms. The Kier molecular flexibility index (Phi) is 6.12. The van der Waals surface area contributed by atoms with Gasteiger partial charge in [0.1, 0.15) is 5.65 Å². The molecule has 2 aromatic heterocycles. The van der Waals surface area contributed by atoms with Gasteiger partial charge in [-0.05, 0) is 82.9 Å². The Bertz CT molecular complexity index is 1330. The summed E-state index contributed by atoms with van der Waals surface area (Å²) < 4.78 is 1.91. The first kappa shape index (κ1) is 23.7. The topological polar surface area (TPSA) is 86.5 Å². The Labute approximate surface area is 212 Å². The fourth-order valence-corrected chi connectivity index (χ4v) is 6.05. The first-order valence-electron chi connectivity index (χ1n) is 13.6. The second-order valence-electron chi connectivity index (χ2n) is 11.4. The van der Waals surface area contributed by atoms with Crippen LogP contribution in [0.1, 0.15) is 58.4 Å². The average Bonchev–Trinajstić information content (AvgIpc) is 3.70. The van der Waals surface area contributed by atoms with E-state index in [1.807, 2.05) is 10.8 Å².